The lowest BCUT2D eigenvalue weighted by atomic mass is 10.0. The Labute approximate surface area is 203 Å². The summed E-state index contributed by atoms with van der Waals surface area (Å²) in [5.74, 6) is 0.531. The first-order valence-electron chi connectivity index (χ1n) is 12.1. The first-order valence-corrected chi connectivity index (χ1v) is 13.6. The van der Waals surface area contributed by atoms with Crippen molar-refractivity contribution in [2.75, 3.05) is 33.3 Å². The normalized spacial score (nSPS) is 18.2. The van der Waals surface area contributed by atoms with Gasteiger partial charge < -0.3 is 10.1 Å². The Morgan fingerprint density at radius 3 is 2.38 bits per heavy atom. The predicted molar refractivity (Wildman–Crippen MR) is 132 cm³/mol. The van der Waals surface area contributed by atoms with E-state index in [1.165, 1.54) is 42.0 Å². The van der Waals surface area contributed by atoms with Crippen LogP contribution in [0, 0.1) is 5.92 Å². The highest BCUT2D eigenvalue weighted by molar-refractivity contribution is 7.89. The van der Waals surface area contributed by atoms with Crippen LogP contribution >= 0.6 is 0 Å². The van der Waals surface area contributed by atoms with Crippen LogP contribution in [0.2, 0.25) is 0 Å². The van der Waals surface area contributed by atoms with E-state index in [4.69, 9.17) is 4.74 Å². The van der Waals surface area contributed by atoms with Crippen molar-refractivity contribution in [1.82, 2.24) is 14.5 Å². The number of benzene rings is 2. The van der Waals surface area contributed by atoms with Crippen molar-refractivity contribution in [3.8, 4) is 5.75 Å². The van der Waals surface area contributed by atoms with Crippen LogP contribution < -0.4 is 10.1 Å². The number of carbonyl (C=O) groups is 1. The van der Waals surface area contributed by atoms with Crippen LogP contribution in [0.15, 0.2) is 47.4 Å². The zero-order valence-electron chi connectivity index (χ0n) is 20.1. The van der Waals surface area contributed by atoms with Crippen molar-refractivity contribution in [3.05, 3.63) is 59.2 Å². The largest absolute Gasteiger partial charge is 0.496 e. The number of piperidine rings is 1. The van der Waals surface area contributed by atoms with Crippen molar-refractivity contribution in [2.45, 2.75) is 50.6 Å². The Hall–Kier alpha value is -2.42. The number of sulfonamides is 1. The molecule has 0 aromatic heterocycles. The van der Waals surface area contributed by atoms with E-state index < -0.39 is 10.0 Å². The number of nitrogens with one attached hydrogen (secondary N) is 1. The van der Waals surface area contributed by atoms with E-state index >= 15 is 0 Å². The van der Waals surface area contributed by atoms with Gasteiger partial charge in [-0.15, -0.1) is 0 Å². The highest BCUT2D eigenvalue weighted by Gasteiger charge is 2.29. The van der Waals surface area contributed by atoms with Crippen LogP contribution in [-0.2, 0) is 23.1 Å². The summed E-state index contributed by atoms with van der Waals surface area (Å²) in [6.07, 6.45) is 4.15. The SMILES string of the molecule is COc1ccc(S(=O)(=O)N2CCC(C)CC2)cc1C(=O)NCc1ccccc1CN1CCCC1. The summed E-state index contributed by atoms with van der Waals surface area (Å²) in [5.41, 5.74) is 2.49. The third-order valence-electron chi connectivity index (χ3n) is 6.95. The number of ether oxygens (including phenoxy) is 1. The third-order valence-corrected chi connectivity index (χ3v) is 8.84. The van der Waals surface area contributed by atoms with E-state index in [2.05, 4.69) is 23.2 Å². The number of likely N-dealkylation sites (tertiary alicyclic amines) is 1. The van der Waals surface area contributed by atoms with E-state index in [-0.39, 0.29) is 16.4 Å². The van der Waals surface area contributed by atoms with Crippen LogP contribution in [0.3, 0.4) is 0 Å². The van der Waals surface area contributed by atoms with Crippen molar-refractivity contribution in [2.24, 2.45) is 5.92 Å². The van der Waals surface area contributed by atoms with Gasteiger partial charge >= 0.3 is 0 Å². The molecule has 1 amide bonds. The second-order valence-electron chi connectivity index (χ2n) is 9.38. The first kappa shape index (κ1) is 24.7. The van der Waals surface area contributed by atoms with E-state index in [0.29, 0.717) is 31.3 Å². The molecule has 2 aliphatic heterocycles. The van der Waals surface area contributed by atoms with Gasteiger partial charge in [-0.3, -0.25) is 9.69 Å². The summed E-state index contributed by atoms with van der Waals surface area (Å²) in [6, 6.07) is 12.7. The minimum absolute atomic E-state index is 0.127. The highest BCUT2D eigenvalue weighted by Crippen LogP contribution is 2.27. The molecule has 2 heterocycles. The van der Waals surface area contributed by atoms with Gasteiger partial charge in [-0.05, 0) is 74.0 Å². The maximum Gasteiger partial charge on any atom is 0.255 e. The summed E-state index contributed by atoms with van der Waals surface area (Å²) in [7, 11) is -2.18. The summed E-state index contributed by atoms with van der Waals surface area (Å²) in [4.78, 5) is 15.7. The fourth-order valence-corrected chi connectivity index (χ4v) is 6.23. The van der Waals surface area contributed by atoms with E-state index in [0.717, 1.165) is 38.0 Å². The van der Waals surface area contributed by atoms with Gasteiger partial charge in [-0.2, -0.15) is 4.31 Å². The third kappa shape index (κ3) is 5.62. The van der Waals surface area contributed by atoms with Crippen molar-refractivity contribution >= 4 is 15.9 Å². The molecule has 2 aromatic rings. The zero-order valence-corrected chi connectivity index (χ0v) is 20.9. The lowest BCUT2D eigenvalue weighted by molar-refractivity contribution is 0.0947. The Bertz CT molecular complexity index is 1100. The molecule has 0 bridgehead atoms. The first-order chi connectivity index (χ1) is 16.4. The molecule has 0 spiro atoms. The van der Waals surface area contributed by atoms with E-state index in [1.54, 1.807) is 6.07 Å². The fourth-order valence-electron chi connectivity index (χ4n) is 4.74. The average Bonchev–Trinajstić information content (AvgIpc) is 3.36. The van der Waals surface area contributed by atoms with Crippen molar-refractivity contribution in [1.29, 1.82) is 0 Å². The monoisotopic (exact) mass is 485 g/mol. The van der Waals surface area contributed by atoms with Crippen LogP contribution in [0.5, 0.6) is 5.75 Å². The predicted octanol–water partition coefficient (Wildman–Crippen LogP) is 3.64. The van der Waals surface area contributed by atoms with Gasteiger partial charge in [-0.25, -0.2) is 8.42 Å². The minimum atomic E-state index is -3.66. The molecule has 184 valence electrons. The van der Waals surface area contributed by atoms with Crippen LogP contribution in [0.4, 0.5) is 0 Å². The molecule has 1 N–H and O–H groups in total. The molecule has 0 radical (unpaired) electrons. The Morgan fingerprint density at radius 2 is 1.71 bits per heavy atom. The highest BCUT2D eigenvalue weighted by atomic mass is 32.2. The van der Waals surface area contributed by atoms with Crippen LogP contribution in [0.1, 0.15) is 54.1 Å². The average molecular weight is 486 g/mol. The van der Waals surface area contributed by atoms with Crippen molar-refractivity contribution in [3.63, 3.8) is 0 Å². The molecule has 0 unspecified atom stereocenters. The number of methoxy groups -OCH3 is 1. The summed E-state index contributed by atoms with van der Waals surface area (Å²) in [5, 5.41) is 2.97. The van der Waals surface area contributed by atoms with Gasteiger partial charge in [0.15, 0.2) is 0 Å². The lowest BCUT2D eigenvalue weighted by Gasteiger charge is -2.29. The zero-order chi connectivity index (χ0) is 24.1. The minimum Gasteiger partial charge on any atom is -0.496 e. The molecule has 0 atom stereocenters. The molecule has 2 fully saturated rings. The maximum atomic E-state index is 13.2. The molecule has 2 saturated heterocycles. The summed E-state index contributed by atoms with van der Waals surface area (Å²) >= 11 is 0. The number of nitrogens with zero attached hydrogens (tertiary/aromatic N) is 2. The number of carbonyl (C=O) groups excluding carboxylic acids is 1. The summed E-state index contributed by atoms with van der Waals surface area (Å²) in [6.45, 7) is 6.60. The maximum absolute atomic E-state index is 13.2. The molecular formula is C26H35N3O4S. The van der Waals surface area contributed by atoms with Gasteiger partial charge in [0, 0.05) is 26.2 Å². The van der Waals surface area contributed by atoms with Gasteiger partial charge in [0.05, 0.1) is 17.6 Å². The lowest BCUT2D eigenvalue weighted by Crippen LogP contribution is -2.38. The van der Waals surface area contributed by atoms with Crippen molar-refractivity contribution < 1.29 is 17.9 Å². The molecule has 0 saturated carbocycles. The smallest absolute Gasteiger partial charge is 0.255 e. The van der Waals surface area contributed by atoms with Crippen LogP contribution in [0.25, 0.3) is 0 Å². The molecule has 7 nitrogen and oxygen atoms in total. The summed E-state index contributed by atoms with van der Waals surface area (Å²) < 4.78 is 33.3. The molecule has 4 rings (SSSR count). The van der Waals surface area contributed by atoms with E-state index in [1.807, 2.05) is 18.2 Å². The number of hydrogen-bond donors (Lipinski definition) is 1. The molecule has 2 aromatic carbocycles. The van der Waals surface area contributed by atoms with Gasteiger partial charge in [0.2, 0.25) is 10.0 Å². The van der Waals surface area contributed by atoms with Crippen LogP contribution in [-0.4, -0.2) is 56.8 Å². The standard InChI is InChI=1S/C26H35N3O4S/c1-20-11-15-29(16-12-20)34(31,32)23-9-10-25(33-2)24(17-23)26(30)27-18-21-7-3-4-8-22(21)19-28-13-5-6-14-28/h3-4,7-10,17,20H,5-6,11-16,18-19H2,1-2H3,(H,27,30). The number of amides is 1. The second-order valence-corrected chi connectivity index (χ2v) is 11.3. The molecule has 0 aliphatic carbocycles. The number of rotatable bonds is 8. The fraction of sp³-hybridized carbons (Fsp3) is 0.500. The Balaban J connectivity index is 1.50. The van der Waals surface area contributed by atoms with Gasteiger partial charge in [0.25, 0.3) is 5.91 Å². The quantitative estimate of drug-likeness (QED) is 0.618. The van der Waals surface area contributed by atoms with E-state index in [9.17, 15) is 13.2 Å². The Morgan fingerprint density at radius 1 is 1.03 bits per heavy atom. The molecule has 2 aliphatic rings. The van der Waals surface area contributed by atoms with Gasteiger partial charge in [-0.1, -0.05) is 31.2 Å². The van der Waals surface area contributed by atoms with Gasteiger partial charge in [0.1, 0.15) is 5.75 Å². The molecule has 8 heteroatoms. The second kappa shape index (κ2) is 10.9. The Kier molecular flexibility index (Phi) is 7.91. The molecule has 34 heavy (non-hydrogen) atoms. The molecular weight excluding hydrogens is 450 g/mol. The topological polar surface area (TPSA) is 79.0 Å². The number of hydrogen-bond acceptors (Lipinski definition) is 5.